The maximum atomic E-state index is 12.7. The molecule has 1 amide bonds. The van der Waals surface area contributed by atoms with Gasteiger partial charge < -0.3 is 10.6 Å². The molecule has 2 aromatic carbocycles. The first-order valence-corrected chi connectivity index (χ1v) is 7.70. The van der Waals surface area contributed by atoms with Gasteiger partial charge in [0.1, 0.15) is 0 Å². The summed E-state index contributed by atoms with van der Waals surface area (Å²) < 4.78 is 0. The number of carbonyl (C=O) groups excluding carboxylic acids is 1. The van der Waals surface area contributed by atoms with Crippen molar-refractivity contribution in [1.82, 2.24) is 4.90 Å². The highest BCUT2D eigenvalue weighted by Gasteiger charge is 2.23. The molecule has 2 N–H and O–H groups in total. The van der Waals surface area contributed by atoms with Gasteiger partial charge in [0.15, 0.2) is 0 Å². The van der Waals surface area contributed by atoms with Crippen LogP contribution in [0.1, 0.15) is 25.0 Å². The Morgan fingerprint density at radius 1 is 0.913 bits per heavy atom. The van der Waals surface area contributed by atoms with Gasteiger partial charge in [-0.05, 0) is 18.1 Å². The van der Waals surface area contributed by atoms with Crippen molar-refractivity contribution in [2.75, 3.05) is 0 Å². The maximum absolute atomic E-state index is 12.7. The van der Waals surface area contributed by atoms with Crippen molar-refractivity contribution < 1.29 is 4.79 Å². The Morgan fingerprint density at radius 2 is 1.30 bits per heavy atom. The fourth-order valence-corrected chi connectivity index (χ4v) is 2.33. The van der Waals surface area contributed by atoms with Gasteiger partial charge in [0.2, 0.25) is 5.91 Å². The van der Waals surface area contributed by atoms with Crippen LogP contribution in [0.4, 0.5) is 0 Å². The summed E-state index contributed by atoms with van der Waals surface area (Å²) in [5.74, 6) is -0.0878. The van der Waals surface area contributed by atoms with Crippen LogP contribution < -0.4 is 5.73 Å². The molecule has 0 aliphatic heterocycles. The molecule has 2 aromatic rings. The molecule has 0 heterocycles. The fraction of sp³-hybridized carbons (Fsp3) is 0.316. The molecular weight excluding hydrogens is 308 g/mol. The van der Waals surface area contributed by atoms with Gasteiger partial charge in [0.25, 0.3) is 0 Å². The van der Waals surface area contributed by atoms with Gasteiger partial charge in [0, 0.05) is 19.1 Å². The predicted octanol–water partition coefficient (Wildman–Crippen LogP) is 3.62. The van der Waals surface area contributed by atoms with Crippen molar-refractivity contribution in [3.05, 3.63) is 71.8 Å². The predicted molar refractivity (Wildman–Crippen MR) is 97.2 cm³/mol. The van der Waals surface area contributed by atoms with Gasteiger partial charge in [-0.1, -0.05) is 67.6 Å². The summed E-state index contributed by atoms with van der Waals surface area (Å²) >= 11 is 0. The Labute approximate surface area is 144 Å². The summed E-state index contributed by atoms with van der Waals surface area (Å²) in [6.07, 6.45) is 0. The monoisotopic (exact) mass is 332 g/mol. The van der Waals surface area contributed by atoms with Gasteiger partial charge in [0.05, 0.1) is 5.92 Å². The zero-order valence-electron chi connectivity index (χ0n) is 13.7. The normalized spacial score (nSPS) is 12.8. The van der Waals surface area contributed by atoms with E-state index in [0.717, 1.165) is 11.1 Å². The Kier molecular flexibility index (Phi) is 7.79. The molecule has 0 aliphatic rings. The molecule has 0 saturated heterocycles. The van der Waals surface area contributed by atoms with E-state index in [1.807, 2.05) is 79.4 Å². The fourth-order valence-electron chi connectivity index (χ4n) is 2.33. The summed E-state index contributed by atoms with van der Waals surface area (Å²) in [6.45, 7) is 4.99. The molecule has 124 valence electrons. The molecule has 0 spiro atoms. The van der Waals surface area contributed by atoms with Crippen molar-refractivity contribution in [2.24, 2.45) is 11.7 Å². The van der Waals surface area contributed by atoms with Crippen LogP contribution in [-0.4, -0.2) is 16.8 Å². The smallest absolute Gasteiger partial charge is 0.227 e. The quantitative estimate of drug-likeness (QED) is 0.878. The van der Waals surface area contributed by atoms with Gasteiger partial charge in [-0.15, -0.1) is 12.4 Å². The average Bonchev–Trinajstić information content (AvgIpc) is 2.54. The molecule has 0 aromatic heterocycles. The minimum Gasteiger partial charge on any atom is -0.334 e. The number of nitrogens with zero attached hydrogens (tertiary/aromatic N) is 1. The lowest BCUT2D eigenvalue weighted by molar-refractivity contribution is -0.136. The topological polar surface area (TPSA) is 46.3 Å². The lowest BCUT2D eigenvalue weighted by Gasteiger charge is -2.27. The van der Waals surface area contributed by atoms with E-state index >= 15 is 0 Å². The third kappa shape index (κ3) is 5.70. The second-order valence-corrected chi connectivity index (χ2v) is 5.81. The molecule has 0 bridgehead atoms. The van der Waals surface area contributed by atoms with Crippen LogP contribution in [-0.2, 0) is 17.9 Å². The van der Waals surface area contributed by atoms with Crippen molar-refractivity contribution in [3.8, 4) is 0 Å². The SMILES string of the molecule is CC(N)C(C)C(=O)N(Cc1ccccc1)Cc1ccccc1.Cl. The first-order chi connectivity index (χ1) is 10.6. The van der Waals surface area contributed by atoms with Crippen LogP contribution in [0.25, 0.3) is 0 Å². The maximum Gasteiger partial charge on any atom is 0.227 e. The number of amides is 1. The molecule has 2 atom stereocenters. The van der Waals surface area contributed by atoms with Gasteiger partial charge in [-0.3, -0.25) is 4.79 Å². The molecular formula is C19H25ClN2O. The number of carbonyl (C=O) groups is 1. The number of hydrogen-bond donors (Lipinski definition) is 1. The summed E-state index contributed by atoms with van der Waals surface area (Å²) in [6, 6.07) is 20.0. The van der Waals surface area contributed by atoms with Crippen LogP contribution in [0.15, 0.2) is 60.7 Å². The van der Waals surface area contributed by atoms with E-state index in [1.165, 1.54) is 0 Å². The standard InChI is InChI=1S/C19H24N2O.ClH/c1-15(16(2)20)19(22)21(13-17-9-5-3-6-10-17)14-18-11-7-4-8-12-18;/h3-12,15-16H,13-14,20H2,1-2H3;1H. The van der Waals surface area contributed by atoms with E-state index < -0.39 is 0 Å². The van der Waals surface area contributed by atoms with Crippen LogP contribution in [0.5, 0.6) is 0 Å². The van der Waals surface area contributed by atoms with Crippen LogP contribution >= 0.6 is 12.4 Å². The van der Waals surface area contributed by atoms with E-state index in [0.29, 0.717) is 13.1 Å². The van der Waals surface area contributed by atoms with Crippen molar-refractivity contribution >= 4 is 18.3 Å². The number of halogens is 1. The van der Waals surface area contributed by atoms with E-state index in [9.17, 15) is 4.79 Å². The van der Waals surface area contributed by atoms with E-state index in [-0.39, 0.29) is 30.3 Å². The molecule has 2 rings (SSSR count). The van der Waals surface area contributed by atoms with E-state index in [4.69, 9.17) is 5.73 Å². The van der Waals surface area contributed by atoms with Gasteiger partial charge in [-0.2, -0.15) is 0 Å². The third-order valence-electron chi connectivity index (χ3n) is 3.92. The number of benzene rings is 2. The highest BCUT2D eigenvalue weighted by atomic mass is 35.5. The molecule has 0 saturated carbocycles. The number of nitrogens with two attached hydrogens (primary N) is 1. The minimum absolute atomic E-state index is 0. The number of rotatable bonds is 6. The Morgan fingerprint density at radius 3 is 1.65 bits per heavy atom. The first kappa shape index (κ1) is 19.2. The lowest BCUT2D eigenvalue weighted by atomic mass is 10.0. The highest BCUT2D eigenvalue weighted by molar-refractivity contribution is 5.85. The second-order valence-electron chi connectivity index (χ2n) is 5.81. The Hall–Kier alpha value is -1.84. The lowest BCUT2D eigenvalue weighted by Crippen LogP contribution is -2.41. The zero-order valence-corrected chi connectivity index (χ0v) is 14.5. The van der Waals surface area contributed by atoms with Crippen LogP contribution in [0.3, 0.4) is 0 Å². The summed E-state index contributed by atoms with van der Waals surface area (Å²) in [5.41, 5.74) is 8.17. The summed E-state index contributed by atoms with van der Waals surface area (Å²) in [4.78, 5) is 14.6. The minimum atomic E-state index is -0.188. The third-order valence-corrected chi connectivity index (χ3v) is 3.92. The zero-order chi connectivity index (χ0) is 15.9. The Balaban J connectivity index is 0.00000264. The Bertz CT molecular complexity index is 545. The molecule has 2 unspecified atom stereocenters. The average molecular weight is 333 g/mol. The van der Waals surface area contributed by atoms with Crippen LogP contribution in [0.2, 0.25) is 0 Å². The van der Waals surface area contributed by atoms with Gasteiger partial charge >= 0.3 is 0 Å². The van der Waals surface area contributed by atoms with Gasteiger partial charge in [-0.25, -0.2) is 0 Å². The first-order valence-electron chi connectivity index (χ1n) is 7.70. The van der Waals surface area contributed by atoms with Crippen molar-refractivity contribution in [1.29, 1.82) is 0 Å². The highest BCUT2D eigenvalue weighted by Crippen LogP contribution is 2.15. The second kappa shape index (κ2) is 9.33. The van der Waals surface area contributed by atoms with Crippen LogP contribution in [0, 0.1) is 5.92 Å². The molecule has 0 aliphatic carbocycles. The molecule has 0 fully saturated rings. The van der Waals surface area contributed by atoms with E-state index in [2.05, 4.69) is 0 Å². The molecule has 23 heavy (non-hydrogen) atoms. The largest absolute Gasteiger partial charge is 0.334 e. The van der Waals surface area contributed by atoms with Crippen molar-refractivity contribution in [3.63, 3.8) is 0 Å². The molecule has 0 radical (unpaired) electrons. The summed E-state index contributed by atoms with van der Waals surface area (Å²) in [5, 5.41) is 0. The molecule has 3 nitrogen and oxygen atoms in total. The van der Waals surface area contributed by atoms with E-state index in [1.54, 1.807) is 0 Å². The molecule has 4 heteroatoms. The number of hydrogen-bond acceptors (Lipinski definition) is 2. The van der Waals surface area contributed by atoms with Crippen molar-refractivity contribution in [2.45, 2.75) is 33.0 Å². The summed E-state index contributed by atoms with van der Waals surface area (Å²) in [7, 11) is 0.